The molecule has 1 N–H and O–H groups in total. The smallest absolute Gasteiger partial charge is 0.268 e. The number of aryl methyl sites for hydroxylation is 1. The molecule has 1 aliphatic rings. The molecule has 4 nitrogen and oxygen atoms in total. The van der Waals surface area contributed by atoms with Crippen LogP contribution in [-0.4, -0.2) is 22.4 Å². The van der Waals surface area contributed by atoms with Crippen LogP contribution >= 0.6 is 0 Å². The Bertz CT molecular complexity index is 582. The number of nitrogens with one attached hydrogen (secondary N) is 1. The van der Waals surface area contributed by atoms with Crippen molar-refractivity contribution in [1.82, 2.24) is 10.4 Å². The number of hydrazine groups is 1. The Hall–Kier alpha value is -2.10. The van der Waals surface area contributed by atoms with Crippen molar-refractivity contribution in [2.75, 3.05) is 0 Å². The lowest BCUT2D eigenvalue weighted by molar-refractivity contribution is -0.134. The largest absolute Gasteiger partial charge is 0.269 e. The molecule has 2 rings (SSSR count). The minimum absolute atomic E-state index is 0.126. The highest BCUT2D eigenvalue weighted by atomic mass is 16.2. The first kappa shape index (κ1) is 14.3. The Kier molecular flexibility index (Phi) is 3.66. The molecule has 0 saturated carbocycles. The molecule has 0 bridgehead atoms. The van der Waals surface area contributed by atoms with Crippen LogP contribution < -0.4 is 5.43 Å². The van der Waals surface area contributed by atoms with Crippen LogP contribution in [0.3, 0.4) is 0 Å². The summed E-state index contributed by atoms with van der Waals surface area (Å²) in [4.78, 5) is 24.5. The van der Waals surface area contributed by atoms with Crippen LogP contribution in [0.15, 0.2) is 35.9 Å². The Morgan fingerprint density at radius 1 is 1.25 bits per heavy atom. The van der Waals surface area contributed by atoms with Crippen LogP contribution in [-0.2, 0) is 4.79 Å². The number of carbonyl (C=O) groups excluding carboxylic acids is 2. The molecule has 0 atom stereocenters. The van der Waals surface area contributed by atoms with Crippen molar-refractivity contribution in [2.24, 2.45) is 0 Å². The molecule has 1 aliphatic carbocycles. The molecule has 106 valence electrons. The molecule has 0 aromatic heterocycles. The first-order chi connectivity index (χ1) is 9.29. The highest BCUT2D eigenvalue weighted by molar-refractivity contribution is 6.01. The predicted octanol–water partition coefficient (Wildman–Crippen LogP) is 2.60. The summed E-state index contributed by atoms with van der Waals surface area (Å²) in [5.74, 6) is -0.392. The van der Waals surface area contributed by atoms with Gasteiger partial charge in [-0.1, -0.05) is 23.8 Å². The zero-order valence-electron chi connectivity index (χ0n) is 12.4. The van der Waals surface area contributed by atoms with E-state index in [1.54, 1.807) is 12.1 Å². The summed E-state index contributed by atoms with van der Waals surface area (Å²) in [5.41, 5.74) is 4.57. The lowest BCUT2D eigenvalue weighted by Crippen LogP contribution is -2.55. The molecule has 0 radical (unpaired) electrons. The van der Waals surface area contributed by atoms with Gasteiger partial charge >= 0.3 is 0 Å². The van der Waals surface area contributed by atoms with Gasteiger partial charge in [0.25, 0.3) is 11.8 Å². The van der Waals surface area contributed by atoms with Crippen molar-refractivity contribution in [3.05, 3.63) is 47.0 Å². The summed E-state index contributed by atoms with van der Waals surface area (Å²) in [6, 6.07) is 7.30. The van der Waals surface area contributed by atoms with Crippen molar-refractivity contribution in [3.63, 3.8) is 0 Å². The van der Waals surface area contributed by atoms with Gasteiger partial charge in [0.1, 0.15) is 0 Å². The molecule has 2 amide bonds. The molecule has 0 saturated heterocycles. The Balaban J connectivity index is 2.17. The highest BCUT2D eigenvalue weighted by Crippen LogP contribution is 2.24. The minimum Gasteiger partial charge on any atom is -0.268 e. The molecule has 1 aromatic rings. The van der Waals surface area contributed by atoms with Crippen LogP contribution in [0, 0.1) is 6.92 Å². The van der Waals surface area contributed by atoms with E-state index in [2.05, 4.69) is 5.43 Å². The van der Waals surface area contributed by atoms with E-state index in [1.807, 2.05) is 45.9 Å². The maximum absolute atomic E-state index is 12.3. The van der Waals surface area contributed by atoms with E-state index >= 15 is 0 Å². The molecule has 1 aromatic carbocycles. The van der Waals surface area contributed by atoms with E-state index < -0.39 is 5.54 Å². The van der Waals surface area contributed by atoms with Crippen molar-refractivity contribution >= 4 is 11.8 Å². The maximum atomic E-state index is 12.3. The predicted molar refractivity (Wildman–Crippen MR) is 77.9 cm³/mol. The summed E-state index contributed by atoms with van der Waals surface area (Å²) in [5, 5.41) is 1.41. The molecule has 0 heterocycles. The monoisotopic (exact) mass is 272 g/mol. The summed E-state index contributed by atoms with van der Waals surface area (Å²) in [6.07, 6.45) is 2.58. The molecule has 0 aliphatic heterocycles. The molecule has 0 unspecified atom stereocenters. The van der Waals surface area contributed by atoms with Crippen LogP contribution in [0.5, 0.6) is 0 Å². The number of allylic oxidation sites excluding steroid dienone is 1. The van der Waals surface area contributed by atoms with Gasteiger partial charge in [-0.2, -0.15) is 0 Å². The normalized spacial score (nSPS) is 13.5. The van der Waals surface area contributed by atoms with E-state index in [9.17, 15) is 9.59 Å². The number of hydrogen-bond donors (Lipinski definition) is 1. The van der Waals surface area contributed by atoms with Gasteiger partial charge in [0, 0.05) is 11.1 Å². The highest BCUT2D eigenvalue weighted by Gasteiger charge is 2.33. The fourth-order valence-electron chi connectivity index (χ4n) is 1.84. The van der Waals surface area contributed by atoms with Gasteiger partial charge in [-0.15, -0.1) is 0 Å². The second kappa shape index (κ2) is 5.12. The van der Waals surface area contributed by atoms with Crippen LogP contribution in [0.1, 0.15) is 43.1 Å². The lowest BCUT2D eigenvalue weighted by atomic mass is 10.1. The van der Waals surface area contributed by atoms with Gasteiger partial charge < -0.3 is 0 Å². The standard InChI is InChI=1S/C16H20N2O2/c1-11-6-5-7-13(10-11)14(19)17-18(16(2,3)4)15(20)12-8-9-12/h5-8,10H,9H2,1-4H3,(H,17,19). The van der Waals surface area contributed by atoms with Crippen LogP contribution in [0.25, 0.3) is 0 Å². The Labute approximate surface area is 119 Å². The average Bonchev–Trinajstić information content (AvgIpc) is 3.17. The molecule has 20 heavy (non-hydrogen) atoms. The topological polar surface area (TPSA) is 49.4 Å². The molecular formula is C16H20N2O2. The van der Waals surface area contributed by atoms with Crippen molar-refractivity contribution in [2.45, 2.75) is 39.7 Å². The van der Waals surface area contributed by atoms with Gasteiger partial charge in [-0.05, 0) is 46.2 Å². The van der Waals surface area contributed by atoms with E-state index in [-0.39, 0.29) is 11.8 Å². The van der Waals surface area contributed by atoms with E-state index in [0.29, 0.717) is 12.0 Å². The summed E-state index contributed by atoms with van der Waals surface area (Å²) in [7, 11) is 0. The third-order valence-corrected chi connectivity index (χ3v) is 3.05. The zero-order valence-corrected chi connectivity index (χ0v) is 12.4. The first-order valence-corrected chi connectivity index (χ1v) is 6.70. The SMILES string of the molecule is Cc1cccc(C(=O)NN(C(=O)C2=CC2)C(C)(C)C)c1. The summed E-state index contributed by atoms with van der Waals surface area (Å²) >= 11 is 0. The molecule has 0 fully saturated rings. The van der Waals surface area contributed by atoms with Gasteiger partial charge in [-0.25, -0.2) is 5.01 Å². The molecule has 4 heteroatoms. The number of carbonyl (C=O) groups is 2. The Morgan fingerprint density at radius 3 is 2.40 bits per heavy atom. The third kappa shape index (κ3) is 3.26. The van der Waals surface area contributed by atoms with E-state index in [0.717, 1.165) is 11.1 Å². The number of nitrogens with zero attached hydrogens (tertiary/aromatic N) is 1. The van der Waals surface area contributed by atoms with E-state index in [4.69, 9.17) is 0 Å². The van der Waals surface area contributed by atoms with Gasteiger partial charge in [0.05, 0.1) is 5.54 Å². The third-order valence-electron chi connectivity index (χ3n) is 3.05. The Morgan fingerprint density at radius 2 is 1.90 bits per heavy atom. The minimum atomic E-state index is -0.472. The average molecular weight is 272 g/mol. The first-order valence-electron chi connectivity index (χ1n) is 6.70. The number of amides is 2. The van der Waals surface area contributed by atoms with Gasteiger partial charge in [0.2, 0.25) is 0 Å². The second-order valence-corrected chi connectivity index (χ2v) is 6.06. The van der Waals surface area contributed by atoms with Crippen LogP contribution in [0.2, 0.25) is 0 Å². The fraction of sp³-hybridized carbons (Fsp3) is 0.375. The molecular weight excluding hydrogens is 252 g/mol. The lowest BCUT2D eigenvalue weighted by Gasteiger charge is -2.35. The van der Waals surface area contributed by atoms with Crippen molar-refractivity contribution < 1.29 is 9.59 Å². The van der Waals surface area contributed by atoms with Gasteiger partial charge in [0.15, 0.2) is 0 Å². The van der Waals surface area contributed by atoms with E-state index in [1.165, 1.54) is 5.01 Å². The quantitative estimate of drug-likeness (QED) is 0.841. The van der Waals surface area contributed by atoms with Crippen molar-refractivity contribution in [3.8, 4) is 0 Å². The van der Waals surface area contributed by atoms with Crippen molar-refractivity contribution in [1.29, 1.82) is 0 Å². The molecule has 0 spiro atoms. The van der Waals surface area contributed by atoms with Gasteiger partial charge in [-0.3, -0.25) is 15.0 Å². The van der Waals surface area contributed by atoms with Crippen LogP contribution in [0.4, 0.5) is 0 Å². The fourth-order valence-corrected chi connectivity index (χ4v) is 1.84. The maximum Gasteiger partial charge on any atom is 0.269 e. The number of benzene rings is 1. The number of hydrogen-bond acceptors (Lipinski definition) is 2. The zero-order chi connectivity index (χ0) is 14.9. The summed E-state index contributed by atoms with van der Waals surface area (Å²) < 4.78 is 0. The number of rotatable bonds is 2. The summed E-state index contributed by atoms with van der Waals surface area (Å²) in [6.45, 7) is 7.61. The second-order valence-electron chi connectivity index (χ2n) is 6.06.